The molecule has 1 saturated carbocycles. The molecule has 0 radical (unpaired) electrons. The lowest BCUT2D eigenvalue weighted by Gasteiger charge is -2.33. The van der Waals surface area contributed by atoms with Gasteiger partial charge in [-0.15, -0.1) is 0 Å². The second-order valence-electron chi connectivity index (χ2n) is 7.36. The third-order valence-corrected chi connectivity index (χ3v) is 5.85. The van der Waals surface area contributed by atoms with E-state index in [0.717, 1.165) is 28.4 Å². The van der Waals surface area contributed by atoms with Crippen LogP contribution in [0.1, 0.15) is 36.1 Å². The predicted molar refractivity (Wildman–Crippen MR) is 111 cm³/mol. The topological polar surface area (TPSA) is 54.6 Å². The Bertz CT molecular complexity index is 1040. The van der Waals surface area contributed by atoms with Gasteiger partial charge in [-0.2, -0.15) is 0 Å². The average Bonchev–Trinajstić information content (AvgIpc) is 3.18. The van der Waals surface area contributed by atoms with Gasteiger partial charge in [0.15, 0.2) is 0 Å². The molecule has 3 aromatic rings. The Balaban J connectivity index is 1.60. The van der Waals surface area contributed by atoms with Gasteiger partial charge < -0.3 is 9.73 Å². The van der Waals surface area contributed by atoms with E-state index >= 15 is 0 Å². The van der Waals surface area contributed by atoms with Crippen LogP contribution in [0.4, 0.5) is 11.4 Å². The van der Waals surface area contributed by atoms with Crippen LogP contribution < -0.4 is 5.32 Å². The van der Waals surface area contributed by atoms with Crippen molar-refractivity contribution in [2.45, 2.75) is 24.8 Å². The normalized spacial score (nSPS) is 23.8. The highest BCUT2D eigenvalue weighted by Gasteiger charge is 2.42. The molecule has 1 fully saturated rings. The Morgan fingerprint density at radius 1 is 1.00 bits per heavy atom. The summed E-state index contributed by atoms with van der Waals surface area (Å²) in [6.07, 6.45) is 2.83. The molecule has 0 unspecified atom stereocenters. The zero-order valence-electron chi connectivity index (χ0n) is 15.1. The summed E-state index contributed by atoms with van der Waals surface area (Å²) in [5, 5.41) is 4.25. The van der Waals surface area contributed by atoms with Gasteiger partial charge in [-0.05, 0) is 48.4 Å². The van der Waals surface area contributed by atoms with Crippen LogP contribution in [0.2, 0.25) is 5.02 Å². The number of carbonyl (C=O) groups is 1. The first-order valence-corrected chi connectivity index (χ1v) is 9.81. The van der Waals surface area contributed by atoms with Gasteiger partial charge in [0, 0.05) is 23.1 Å². The number of Topliss-reactive ketones (excluding diaryl/α,β-unsaturated/α-hetero) is 1. The molecule has 3 atom stereocenters. The number of nitrogens with one attached hydrogen (secondary N) is 1. The molecule has 0 saturated heterocycles. The van der Waals surface area contributed by atoms with E-state index < -0.39 is 0 Å². The van der Waals surface area contributed by atoms with Gasteiger partial charge >= 0.3 is 0 Å². The molecule has 0 amide bonds. The van der Waals surface area contributed by atoms with E-state index in [2.05, 4.69) is 5.32 Å². The van der Waals surface area contributed by atoms with Crippen molar-refractivity contribution in [2.24, 2.45) is 10.9 Å². The average molecular weight is 391 g/mol. The minimum Gasteiger partial charge on any atom is -0.469 e. The first kappa shape index (κ1) is 17.3. The molecular weight excluding hydrogens is 372 g/mol. The van der Waals surface area contributed by atoms with Gasteiger partial charge in [0.1, 0.15) is 11.5 Å². The molecule has 28 heavy (non-hydrogen) atoms. The summed E-state index contributed by atoms with van der Waals surface area (Å²) in [6.45, 7) is 0. The van der Waals surface area contributed by atoms with E-state index in [1.54, 1.807) is 6.26 Å². The maximum absolute atomic E-state index is 13.3. The Hall–Kier alpha value is -2.85. The number of benzene rings is 2. The second kappa shape index (κ2) is 6.95. The van der Waals surface area contributed by atoms with E-state index in [4.69, 9.17) is 21.0 Å². The zero-order chi connectivity index (χ0) is 19.1. The Morgan fingerprint density at radius 3 is 2.61 bits per heavy atom. The number of hydrogen-bond donors (Lipinski definition) is 1. The quantitative estimate of drug-likeness (QED) is 0.589. The minimum absolute atomic E-state index is 0.0358. The van der Waals surface area contributed by atoms with E-state index in [9.17, 15) is 4.79 Å². The Labute approximate surface area is 168 Å². The standard InChI is InChI=1S/C23H19ClN2O2/c24-16-9-7-14(8-10-16)23-22-19(25-17-4-1-2-5-18(17)26-23)12-15(13-20(22)27)21-6-3-11-28-21/h1-11,15,22-23,26H,12-13H2/t15-,22-,23-/m0/s1. The Morgan fingerprint density at radius 2 is 1.82 bits per heavy atom. The lowest BCUT2D eigenvalue weighted by Crippen LogP contribution is -2.38. The molecule has 2 aromatic carbocycles. The van der Waals surface area contributed by atoms with Crippen molar-refractivity contribution >= 4 is 34.5 Å². The van der Waals surface area contributed by atoms with Crippen molar-refractivity contribution in [2.75, 3.05) is 5.32 Å². The summed E-state index contributed by atoms with van der Waals surface area (Å²) in [7, 11) is 0. The van der Waals surface area contributed by atoms with Crippen molar-refractivity contribution in [3.05, 3.63) is 83.3 Å². The van der Waals surface area contributed by atoms with Gasteiger partial charge in [-0.3, -0.25) is 9.79 Å². The van der Waals surface area contributed by atoms with E-state index in [0.29, 0.717) is 17.9 Å². The molecule has 1 aromatic heterocycles. The van der Waals surface area contributed by atoms with Crippen molar-refractivity contribution < 1.29 is 9.21 Å². The van der Waals surface area contributed by atoms with Crippen molar-refractivity contribution in [3.63, 3.8) is 0 Å². The number of para-hydroxylation sites is 2. The first-order valence-electron chi connectivity index (χ1n) is 9.43. The van der Waals surface area contributed by atoms with Gasteiger partial charge in [0.2, 0.25) is 0 Å². The molecule has 5 heteroatoms. The second-order valence-corrected chi connectivity index (χ2v) is 7.79. The highest BCUT2D eigenvalue weighted by molar-refractivity contribution is 6.30. The predicted octanol–water partition coefficient (Wildman–Crippen LogP) is 5.94. The monoisotopic (exact) mass is 390 g/mol. The molecular formula is C23H19ClN2O2. The van der Waals surface area contributed by atoms with Gasteiger partial charge in [-0.1, -0.05) is 35.9 Å². The molecule has 2 heterocycles. The number of hydrogen-bond acceptors (Lipinski definition) is 4. The van der Waals surface area contributed by atoms with E-state index in [1.807, 2.05) is 60.7 Å². The highest BCUT2D eigenvalue weighted by atomic mass is 35.5. The van der Waals surface area contributed by atoms with Crippen LogP contribution in [-0.2, 0) is 4.79 Å². The molecule has 4 nitrogen and oxygen atoms in total. The smallest absolute Gasteiger partial charge is 0.144 e. The maximum atomic E-state index is 13.3. The number of furan rings is 1. The summed E-state index contributed by atoms with van der Waals surface area (Å²) in [4.78, 5) is 18.2. The number of ketones is 1. The number of halogens is 1. The van der Waals surface area contributed by atoms with Crippen molar-refractivity contribution in [1.82, 2.24) is 0 Å². The van der Waals surface area contributed by atoms with Crippen LogP contribution in [0.3, 0.4) is 0 Å². The number of nitrogens with zero attached hydrogens (tertiary/aromatic N) is 1. The molecule has 140 valence electrons. The molecule has 2 aliphatic rings. The third-order valence-electron chi connectivity index (χ3n) is 5.60. The van der Waals surface area contributed by atoms with Crippen LogP contribution in [0, 0.1) is 5.92 Å². The summed E-state index contributed by atoms with van der Waals surface area (Å²) >= 11 is 6.08. The third kappa shape index (κ3) is 3.04. The van der Waals surface area contributed by atoms with Crippen LogP contribution in [0.15, 0.2) is 76.3 Å². The highest BCUT2D eigenvalue weighted by Crippen LogP contribution is 2.44. The fourth-order valence-electron chi connectivity index (χ4n) is 4.27. The van der Waals surface area contributed by atoms with Crippen LogP contribution in [0.5, 0.6) is 0 Å². The molecule has 5 rings (SSSR count). The molecule has 1 aliphatic heterocycles. The zero-order valence-corrected chi connectivity index (χ0v) is 15.9. The van der Waals surface area contributed by atoms with E-state index in [-0.39, 0.29) is 23.7 Å². The molecule has 0 bridgehead atoms. The minimum atomic E-state index is -0.306. The number of fused-ring (bicyclic) bond motifs is 2. The first-order chi connectivity index (χ1) is 13.7. The number of anilines is 1. The fourth-order valence-corrected chi connectivity index (χ4v) is 4.40. The van der Waals surface area contributed by atoms with Crippen molar-refractivity contribution in [3.8, 4) is 0 Å². The molecule has 0 spiro atoms. The van der Waals surface area contributed by atoms with E-state index in [1.165, 1.54) is 0 Å². The fraction of sp³-hybridized carbons (Fsp3) is 0.217. The van der Waals surface area contributed by atoms with Crippen LogP contribution >= 0.6 is 11.6 Å². The molecule has 1 N–H and O–H groups in total. The maximum Gasteiger partial charge on any atom is 0.144 e. The van der Waals surface area contributed by atoms with Gasteiger partial charge in [0.25, 0.3) is 0 Å². The lowest BCUT2D eigenvalue weighted by molar-refractivity contribution is -0.122. The molecule has 1 aliphatic carbocycles. The SMILES string of the molecule is O=C1C[C@@H](c2ccco2)CC2=Nc3ccccc3N[C@@H](c3ccc(Cl)cc3)[C@H]12. The number of carbonyl (C=O) groups excluding carboxylic acids is 1. The van der Waals surface area contributed by atoms with Crippen LogP contribution in [0.25, 0.3) is 0 Å². The summed E-state index contributed by atoms with van der Waals surface area (Å²) in [5.41, 5.74) is 3.75. The summed E-state index contributed by atoms with van der Waals surface area (Å²) < 4.78 is 5.59. The summed E-state index contributed by atoms with van der Waals surface area (Å²) in [5.74, 6) is 0.767. The summed E-state index contributed by atoms with van der Waals surface area (Å²) in [6, 6.07) is 19.3. The lowest BCUT2D eigenvalue weighted by atomic mass is 9.73. The van der Waals surface area contributed by atoms with Crippen molar-refractivity contribution in [1.29, 1.82) is 0 Å². The number of rotatable bonds is 2. The number of aliphatic imine (C=N–C) groups is 1. The van der Waals surface area contributed by atoms with Gasteiger partial charge in [-0.25, -0.2) is 0 Å². The van der Waals surface area contributed by atoms with Crippen LogP contribution in [-0.4, -0.2) is 11.5 Å². The Kier molecular flexibility index (Phi) is 4.29. The van der Waals surface area contributed by atoms with Gasteiger partial charge in [0.05, 0.1) is 29.6 Å². The largest absolute Gasteiger partial charge is 0.469 e.